The third kappa shape index (κ3) is 5.58. The van der Waals surface area contributed by atoms with Crippen molar-refractivity contribution in [2.75, 3.05) is 36.0 Å². The van der Waals surface area contributed by atoms with Crippen LogP contribution in [-0.4, -0.2) is 57.7 Å². The fourth-order valence-electron chi connectivity index (χ4n) is 7.90. The second kappa shape index (κ2) is 11.5. The van der Waals surface area contributed by atoms with Gasteiger partial charge in [0.1, 0.15) is 5.82 Å². The van der Waals surface area contributed by atoms with Crippen molar-refractivity contribution in [1.29, 1.82) is 0 Å². The van der Waals surface area contributed by atoms with E-state index in [9.17, 15) is 4.79 Å². The molecule has 1 aromatic carbocycles. The number of aryl methyl sites for hydroxylation is 2. The van der Waals surface area contributed by atoms with E-state index in [-0.39, 0.29) is 28.7 Å². The first-order chi connectivity index (χ1) is 22.3. The predicted molar refractivity (Wildman–Crippen MR) is 181 cm³/mol. The van der Waals surface area contributed by atoms with Crippen LogP contribution in [0.25, 0.3) is 10.9 Å². The highest BCUT2D eigenvalue weighted by molar-refractivity contribution is 5.84. The van der Waals surface area contributed by atoms with E-state index in [1.165, 1.54) is 11.6 Å². The summed E-state index contributed by atoms with van der Waals surface area (Å²) in [4.78, 5) is 30.2. The summed E-state index contributed by atoms with van der Waals surface area (Å²) >= 11 is 0. The summed E-state index contributed by atoms with van der Waals surface area (Å²) in [6.07, 6.45) is 12.4. The van der Waals surface area contributed by atoms with Gasteiger partial charge in [-0.05, 0) is 94.3 Å². The standard InChI is InChI=1S/C37H44FN7O/c1-24-5-6-29(17-41-24)42-13-3-4-30(21-42)43(18-26-9-12-40-25(2)14-26)19-27-20-45(28-7-8-28)33-16-34(32(38)15-31(33)36(27)46)44-22-35(39)37(23-44)10-11-37/h5-6,9,12,14-17,20,28,30,35H,3-4,7-8,10-11,13,18-19,21-23,39H2,1-2H3/t30-,35?/m0/s1. The Morgan fingerprint density at radius 2 is 1.85 bits per heavy atom. The van der Waals surface area contributed by atoms with Crippen LogP contribution < -0.4 is 21.0 Å². The number of rotatable bonds is 8. The van der Waals surface area contributed by atoms with Crippen molar-refractivity contribution >= 4 is 22.3 Å². The highest BCUT2D eigenvalue weighted by atomic mass is 19.1. The van der Waals surface area contributed by atoms with Crippen LogP contribution in [0, 0.1) is 25.1 Å². The van der Waals surface area contributed by atoms with Crippen LogP contribution in [0.3, 0.4) is 0 Å². The third-order valence-electron chi connectivity index (χ3n) is 11.0. The molecule has 2 aliphatic heterocycles. The Hall–Kier alpha value is -3.82. The molecule has 1 spiro atoms. The van der Waals surface area contributed by atoms with Crippen LogP contribution in [0.2, 0.25) is 0 Å². The van der Waals surface area contributed by atoms with Crippen molar-refractivity contribution in [3.05, 3.63) is 93.5 Å². The minimum atomic E-state index is -0.326. The number of aromatic nitrogens is 3. The normalized spacial score (nSPS) is 22.4. The van der Waals surface area contributed by atoms with Gasteiger partial charge in [-0.2, -0.15) is 0 Å². The number of nitrogens with zero attached hydrogens (tertiary/aromatic N) is 6. The van der Waals surface area contributed by atoms with E-state index in [1.54, 1.807) is 0 Å². The number of pyridine rings is 3. The maximum atomic E-state index is 15.9. The van der Waals surface area contributed by atoms with Crippen LogP contribution in [0.15, 0.2) is 59.8 Å². The molecule has 4 fully saturated rings. The number of halogens is 1. The van der Waals surface area contributed by atoms with Gasteiger partial charge in [0.25, 0.3) is 0 Å². The number of hydrogen-bond acceptors (Lipinski definition) is 7. The second-order valence-corrected chi connectivity index (χ2v) is 14.4. The van der Waals surface area contributed by atoms with Crippen molar-refractivity contribution in [3.63, 3.8) is 0 Å². The van der Waals surface area contributed by atoms with Crippen molar-refractivity contribution in [2.24, 2.45) is 11.1 Å². The number of hydrogen-bond donors (Lipinski definition) is 1. The van der Waals surface area contributed by atoms with Gasteiger partial charge in [-0.3, -0.25) is 19.7 Å². The van der Waals surface area contributed by atoms with Gasteiger partial charge in [-0.1, -0.05) is 0 Å². The molecular weight excluding hydrogens is 577 g/mol. The average molecular weight is 622 g/mol. The van der Waals surface area contributed by atoms with Gasteiger partial charge in [-0.15, -0.1) is 0 Å². The fourth-order valence-corrected chi connectivity index (χ4v) is 7.90. The number of benzene rings is 1. The molecule has 3 aromatic heterocycles. The summed E-state index contributed by atoms with van der Waals surface area (Å²) in [6, 6.07) is 12.5. The molecule has 2 saturated carbocycles. The number of nitrogens with two attached hydrogens (primary N) is 1. The van der Waals surface area contributed by atoms with E-state index in [2.05, 4.69) is 59.7 Å². The molecule has 2 atom stereocenters. The van der Waals surface area contributed by atoms with Gasteiger partial charge >= 0.3 is 0 Å². The largest absolute Gasteiger partial charge is 0.369 e. The van der Waals surface area contributed by atoms with Gasteiger partial charge in [0.2, 0.25) is 0 Å². The molecular formula is C37H44FN7O. The number of anilines is 2. The Balaban J connectivity index is 1.15. The van der Waals surface area contributed by atoms with E-state index in [0.717, 1.165) is 86.3 Å². The fraction of sp³-hybridized carbons (Fsp3) is 0.486. The summed E-state index contributed by atoms with van der Waals surface area (Å²) in [7, 11) is 0. The van der Waals surface area contributed by atoms with Crippen molar-refractivity contribution in [3.8, 4) is 0 Å². The first kappa shape index (κ1) is 29.6. The summed E-state index contributed by atoms with van der Waals surface area (Å²) in [5, 5.41) is 0.478. The minimum absolute atomic E-state index is 0.0690. The average Bonchev–Trinajstić information content (AvgIpc) is 3.98. The maximum absolute atomic E-state index is 15.9. The van der Waals surface area contributed by atoms with Crippen LogP contribution in [-0.2, 0) is 13.1 Å². The van der Waals surface area contributed by atoms with E-state index in [4.69, 9.17) is 5.73 Å². The molecule has 9 heteroatoms. The SMILES string of the molecule is Cc1ccc(N2CCC[C@H](N(Cc3ccnc(C)c3)Cc3cn(C4CC4)c4cc(N5CC(N)C6(CC6)C5)c(F)cc4c3=O)C2)cn1. The Labute approximate surface area is 270 Å². The molecule has 2 N–H and O–H groups in total. The molecule has 2 aliphatic carbocycles. The first-order valence-corrected chi connectivity index (χ1v) is 17.0. The Kier molecular flexibility index (Phi) is 7.36. The zero-order valence-electron chi connectivity index (χ0n) is 27.0. The monoisotopic (exact) mass is 621 g/mol. The number of fused-ring (bicyclic) bond motifs is 1. The molecule has 4 aromatic rings. The maximum Gasteiger partial charge on any atom is 0.193 e. The van der Waals surface area contributed by atoms with Crippen LogP contribution in [0.1, 0.15) is 67.1 Å². The van der Waals surface area contributed by atoms with Crippen molar-refractivity contribution < 1.29 is 4.39 Å². The smallest absolute Gasteiger partial charge is 0.193 e. The highest BCUT2D eigenvalue weighted by Crippen LogP contribution is 2.53. The summed E-state index contributed by atoms with van der Waals surface area (Å²) in [6.45, 7) is 8.53. The Bertz CT molecular complexity index is 1830. The lowest BCUT2D eigenvalue weighted by molar-refractivity contribution is 0.158. The van der Waals surface area contributed by atoms with E-state index in [0.29, 0.717) is 36.7 Å². The van der Waals surface area contributed by atoms with Crippen molar-refractivity contribution in [1.82, 2.24) is 19.4 Å². The lowest BCUT2D eigenvalue weighted by Crippen LogP contribution is -2.48. The van der Waals surface area contributed by atoms with E-state index in [1.807, 2.05) is 32.3 Å². The Morgan fingerprint density at radius 1 is 1.00 bits per heavy atom. The minimum Gasteiger partial charge on any atom is -0.369 e. The van der Waals surface area contributed by atoms with Gasteiger partial charge in [-0.25, -0.2) is 4.39 Å². The van der Waals surface area contributed by atoms with E-state index >= 15 is 4.39 Å². The van der Waals surface area contributed by atoms with Gasteiger partial charge < -0.3 is 20.1 Å². The molecule has 1 unspecified atom stereocenters. The van der Waals surface area contributed by atoms with Gasteiger partial charge in [0.05, 0.1) is 23.1 Å². The second-order valence-electron chi connectivity index (χ2n) is 14.4. The molecule has 0 radical (unpaired) electrons. The predicted octanol–water partition coefficient (Wildman–Crippen LogP) is 5.48. The van der Waals surface area contributed by atoms with Crippen LogP contribution in [0.4, 0.5) is 15.8 Å². The van der Waals surface area contributed by atoms with Gasteiger partial charge in [0.15, 0.2) is 5.43 Å². The van der Waals surface area contributed by atoms with E-state index < -0.39 is 0 Å². The summed E-state index contributed by atoms with van der Waals surface area (Å²) in [5.41, 5.74) is 13.0. The van der Waals surface area contributed by atoms with Crippen LogP contribution in [0.5, 0.6) is 0 Å². The quantitative estimate of drug-likeness (QED) is 0.279. The molecule has 0 bridgehead atoms. The molecule has 0 amide bonds. The zero-order chi connectivity index (χ0) is 31.6. The zero-order valence-corrected chi connectivity index (χ0v) is 27.0. The summed E-state index contributed by atoms with van der Waals surface area (Å²) < 4.78 is 18.1. The molecule has 46 heavy (non-hydrogen) atoms. The molecule has 4 aliphatic rings. The lowest BCUT2D eigenvalue weighted by Gasteiger charge is -2.40. The molecule has 240 valence electrons. The molecule has 8 rings (SSSR count). The molecule has 5 heterocycles. The highest BCUT2D eigenvalue weighted by Gasteiger charge is 2.53. The lowest BCUT2D eigenvalue weighted by atomic mass is 10.0. The molecule has 8 nitrogen and oxygen atoms in total. The Morgan fingerprint density at radius 3 is 2.57 bits per heavy atom. The first-order valence-electron chi connectivity index (χ1n) is 17.0. The number of piperidine rings is 1. The summed E-state index contributed by atoms with van der Waals surface area (Å²) in [5.74, 6) is -0.326. The molecule has 2 saturated heterocycles. The van der Waals surface area contributed by atoms with Crippen LogP contribution >= 0.6 is 0 Å². The topological polar surface area (TPSA) is 83.5 Å². The third-order valence-corrected chi connectivity index (χ3v) is 11.0. The van der Waals surface area contributed by atoms with Gasteiger partial charge in [0, 0.05) is 97.5 Å². The van der Waals surface area contributed by atoms with Crippen molar-refractivity contribution in [2.45, 2.75) is 83.6 Å².